The van der Waals surface area contributed by atoms with Crippen LogP contribution in [0.5, 0.6) is 0 Å². The van der Waals surface area contributed by atoms with Crippen molar-refractivity contribution >= 4 is 17.0 Å². The van der Waals surface area contributed by atoms with Gasteiger partial charge in [0.05, 0.1) is 11.0 Å². The zero-order chi connectivity index (χ0) is 15.6. The third-order valence-corrected chi connectivity index (χ3v) is 4.28. The standard InChI is InChI=1S/C17H20N6/c1-13-20-15-4-3-14(11-16(15)21-13)12-22-7-9-23(10-8-22)17-18-5-2-6-19-17/h2-6,11H,7-10,12H2,1H3,(H,20,21). The number of aromatic nitrogens is 4. The van der Waals surface area contributed by atoms with E-state index >= 15 is 0 Å². The summed E-state index contributed by atoms with van der Waals surface area (Å²) in [7, 11) is 0. The van der Waals surface area contributed by atoms with Crippen molar-refractivity contribution in [3.8, 4) is 0 Å². The Labute approximate surface area is 135 Å². The van der Waals surface area contributed by atoms with Gasteiger partial charge in [0, 0.05) is 45.1 Å². The Morgan fingerprint density at radius 3 is 2.65 bits per heavy atom. The van der Waals surface area contributed by atoms with Crippen LogP contribution in [0.2, 0.25) is 0 Å². The van der Waals surface area contributed by atoms with Crippen LogP contribution in [0.3, 0.4) is 0 Å². The molecule has 0 spiro atoms. The van der Waals surface area contributed by atoms with Crippen molar-refractivity contribution in [2.24, 2.45) is 0 Å². The van der Waals surface area contributed by atoms with E-state index in [0.29, 0.717) is 0 Å². The Balaban J connectivity index is 1.40. The highest BCUT2D eigenvalue weighted by atomic mass is 15.3. The van der Waals surface area contributed by atoms with E-state index in [1.807, 2.05) is 13.0 Å². The average molecular weight is 308 g/mol. The fraction of sp³-hybridized carbons (Fsp3) is 0.353. The van der Waals surface area contributed by atoms with E-state index in [2.05, 4.69) is 47.9 Å². The molecule has 1 saturated heterocycles. The highest BCUT2D eigenvalue weighted by molar-refractivity contribution is 5.75. The van der Waals surface area contributed by atoms with Crippen molar-refractivity contribution in [3.05, 3.63) is 48.0 Å². The maximum atomic E-state index is 4.45. The van der Waals surface area contributed by atoms with Gasteiger partial charge in [0.15, 0.2) is 0 Å². The third-order valence-electron chi connectivity index (χ3n) is 4.28. The smallest absolute Gasteiger partial charge is 0.225 e. The number of anilines is 1. The number of piperazine rings is 1. The summed E-state index contributed by atoms with van der Waals surface area (Å²) >= 11 is 0. The first-order valence-electron chi connectivity index (χ1n) is 7.97. The summed E-state index contributed by atoms with van der Waals surface area (Å²) < 4.78 is 0. The lowest BCUT2D eigenvalue weighted by Gasteiger charge is -2.34. The molecular weight excluding hydrogens is 288 g/mol. The summed E-state index contributed by atoms with van der Waals surface area (Å²) in [5.74, 6) is 1.80. The molecule has 23 heavy (non-hydrogen) atoms. The van der Waals surface area contributed by atoms with Gasteiger partial charge in [-0.2, -0.15) is 0 Å². The summed E-state index contributed by atoms with van der Waals surface area (Å²) in [6, 6.07) is 8.34. The second-order valence-corrected chi connectivity index (χ2v) is 5.99. The SMILES string of the molecule is Cc1nc2ccc(CN3CCN(c4ncccn4)CC3)cc2[nH]1. The van der Waals surface area contributed by atoms with E-state index < -0.39 is 0 Å². The number of hydrogen-bond donors (Lipinski definition) is 1. The van der Waals surface area contributed by atoms with Crippen LogP contribution in [0.1, 0.15) is 11.4 Å². The highest BCUT2D eigenvalue weighted by Gasteiger charge is 2.18. The van der Waals surface area contributed by atoms with E-state index in [1.165, 1.54) is 5.56 Å². The van der Waals surface area contributed by atoms with Gasteiger partial charge in [-0.25, -0.2) is 15.0 Å². The Hall–Kier alpha value is -2.47. The van der Waals surface area contributed by atoms with Gasteiger partial charge < -0.3 is 9.88 Å². The first-order chi connectivity index (χ1) is 11.3. The molecule has 1 fully saturated rings. The van der Waals surface area contributed by atoms with E-state index in [0.717, 1.165) is 55.5 Å². The molecule has 4 rings (SSSR count). The molecule has 6 nitrogen and oxygen atoms in total. The maximum Gasteiger partial charge on any atom is 0.225 e. The number of rotatable bonds is 3. The van der Waals surface area contributed by atoms with Crippen LogP contribution in [0, 0.1) is 6.92 Å². The lowest BCUT2D eigenvalue weighted by Crippen LogP contribution is -2.46. The molecule has 1 aliphatic heterocycles. The van der Waals surface area contributed by atoms with Crippen LogP contribution in [0.4, 0.5) is 5.95 Å². The molecule has 1 aromatic carbocycles. The molecular formula is C17H20N6. The van der Waals surface area contributed by atoms with Crippen LogP contribution in [0.25, 0.3) is 11.0 Å². The summed E-state index contributed by atoms with van der Waals surface area (Å²) in [4.78, 5) is 21.2. The molecule has 0 atom stereocenters. The molecule has 6 heteroatoms. The number of benzene rings is 1. The number of hydrogen-bond acceptors (Lipinski definition) is 5. The van der Waals surface area contributed by atoms with Gasteiger partial charge in [0.2, 0.25) is 5.95 Å². The number of imidazole rings is 1. The molecule has 0 unspecified atom stereocenters. The number of nitrogens with one attached hydrogen (secondary N) is 1. The fourth-order valence-corrected chi connectivity index (χ4v) is 3.10. The number of nitrogens with zero attached hydrogens (tertiary/aromatic N) is 5. The average Bonchev–Trinajstić information content (AvgIpc) is 2.96. The molecule has 118 valence electrons. The molecule has 3 heterocycles. The topological polar surface area (TPSA) is 60.9 Å². The molecule has 1 N–H and O–H groups in total. The van der Waals surface area contributed by atoms with Gasteiger partial charge in [-0.15, -0.1) is 0 Å². The van der Waals surface area contributed by atoms with Crippen molar-refractivity contribution in [2.45, 2.75) is 13.5 Å². The monoisotopic (exact) mass is 308 g/mol. The zero-order valence-electron chi connectivity index (χ0n) is 13.2. The Morgan fingerprint density at radius 1 is 1.09 bits per heavy atom. The maximum absolute atomic E-state index is 4.45. The van der Waals surface area contributed by atoms with Crippen molar-refractivity contribution < 1.29 is 0 Å². The van der Waals surface area contributed by atoms with E-state index in [4.69, 9.17) is 0 Å². The number of fused-ring (bicyclic) bond motifs is 1. The first kappa shape index (κ1) is 14.1. The minimum absolute atomic E-state index is 0.835. The van der Waals surface area contributed by atoms with Gasteiger partial charge >= 0.3 is 0 Å². The van der Waals surface area contributed by atoms with Crippen LogP contribution in [0.15, 0.2) is 36.7 Å². The van der Waals surface area contributed by atoms with Crippen LogP contribution >= 0.6 is 0 Å². The second kappa shape index (κ2) is 5.96. The fourth-order valence-electron chi connectivity index (χ4n) is 3.10. The van der Waals surface area contributed by atoms with Gasteiger partial charge in [0.1, 0.15) is 5.82 Å². The summed E-state index contributed by atoms with van der Waals surface area (Å²) in [6.07, 6.45) is 3.60. The van der Waals surface area contributed by atoms with Crippen molar-refractivity contribution in [3.63, 3.8) is 0 Å². The van der Waals surface area contributed by atoms with E-state index in [9.17, 15) is 0 Å². The second-order valence-electron chi connectivity index (χ2n) is 5.99. The summed E-state index contributed by atoms with van der Waals surface area (Å²) in [5, 5.41) is 0. The van der Waals surface area contributed by atoms with Gasteiger partial charge in [0.25, 0.3) is 0 Å². The predicted molar refractivity (Wildman–Crippen MR) is 90.4 cm³/mol. The lowest BCUT2D eigenvalue weighted by molar-refractivity contribution is 0.249. The molecule has 3 aromatic rings. The lowest BCUT2D eigenvalue weighted by atomic mass is 10.1. The minimum Gasteiger partial charge on any atom is -0.342 e. The molecule has 1 aliphatic rings. The van der Waals surface area contributed by atoms with Gasteiger partial charge in [-0.05, 0) is 30.7 Å². The molecule has 2 aromatic heterocycles. The first-order valence-corrected chi connectivity index (χ1v) is 7.97. The van der Waals surface area contributed by atoms with E-state index in [1.54, 1.807) is 12.4 Å². The van der Waals surface area contributed by atoms with Crippen molar-refractivity contribution in [1.82, 2.24) is 24.8 Å². The predicted octanol–water partition coefficient (Wildman–Crippen LogP) is 1.98. The zero-order valence-corrected chi connectivity index (χ0v) is 13.2. The number of aromatic amines is 1. The molecule has 0 amide bonds. The van der Waals surface area contributed by atoms with Gasteiger partial charge in [-0.1, -0.05) is 6.07 Å². The van der Waals surface area contributed by atoms with Crippen molar-refractivity contribution in [1.29, 1.82) is 0 Å². The Kier molecular flexibility index (Phi) is 3.67. The third kappa shape index (κ3) is 3.03. The van der Waals surface area contributed by atoms with E-state index in [-0.39, 0.29) is 0 Å². The van der Waals surface area contributed by atoms with Gasteiger partial charge in [-0.3, -0.25) is 4.90 Å². The number of H-pyrrole nitrogens is 1. The molecule has 0 radical (unpaired) electrons. The quantitative estimate of drug-likeness (QED) is 0.802. The normalized spacial score (nSPS) is 16.1. The van der Waals surface area contributed by atoms with Crippen molar-refractivity contribution in [2.75, 3.05) is 31.1 Å². The minimum atomic E-state index is 0.835. The Bertz CT molecular complexity index is 789. The van der Waals surface area contributed by atoms with Crippen LogP contribution < -0.4 is 4.90 Å². The Morgan fingerprint density at radius 2 is 1.87 bits per heavy atom. The van der Waals surface area contributed by atoms with Crippen LogP contribution in [-0.2, 0) is 6.54 Å². The molecule has 0 bridgehead atoms. The summed E-state index contributed by atoms with van der Waals surface area (Å²) in [6.45, 7) is 6.95. The largest absolute Gasteiger partial charge is 0.342 e. The number of aryl methyl sites for hydroxylation is 1. The summed E-state index contributed by atoms with van der Waals surface area (Å²) in [5.41, 5.74) is 3.49. The highest BCUT2D eigenvalue weighted by Crippen LogP contribution is 2.16. The molecule has 0 aliphatic carbocycles. The van der Waals surface area contributed by atoms with Crippen LogP contribution in [-0.4, -0.2) is 51.0 Å². The molecule has 0 saturated carbocycles.